The van der Waals surface area contributed by atoms with Crippen LogP contribution in [0.15, 0.2) is 24.3 Å². The highest BCUT2D eigenvalue weighted by Gasteiger charge is 2.34. The molecule has 20 heavy (non-hydrogen) atoms. The Morgan fingerprint density at radius 3 is 2.45 bits per heavy atom. The van der Waals surface area contributed by atoms with E-state index >= 15 is 0 Å². The largest absolute Gasteiger partial charge is 0.480 e. The second-order valence-electron chi connectivity index (χ2n) is 4.90. The van der Waals surface area contributed by atoms with Crippen molar-refractivity contribution in [3.05, 3.63) is 39.9 Å². The van der Waals surface area contributed by atoms with Crippen LogP contribution in [0.25, 0.3) is 0 Å². The molecular weight excluding hydrogens is 262 g/mol. The number of aliphatic carboxylic acids is 1. The summed E-state index contributed by atoms with van der Waals surface area (Å²) < 4.78 is 0. The molecule has 2 rings (SSSR count). The number of piperazine rings is 1. The van der Waals surface area contributed by atoms with Crippen LogP contribution in [-0.4, -0.2) is 59.0 Å². The van der Waals surface area contributed by atoms with Gasteiger partial charge in [0.25, 0.3) is 5.69 Å². The van der Waals surface area contributed by atoms with Crippen LogP contribution in [0, 0.1) is 10.1 Å². The van der Waals surface area contributed by atoms with Crippen LogP contribution in [-0.2, 0) is 4.79 Å². The number of nitro benzene ring substituents is 1. The fraction of sp³-hybridized carbons (Fsp3) is 0.462. The van der Waals surface area contributed by atoms with Gasteiger partial charge < -0.3 is 10.0 Å². The van der Waals surface area contributed by atoms with Crippen LogP contribution in [0.4, 0.5) is 5.69 Å². The van der Waals surface area contributed by atoms with Crippen molar-refractivity contribution in [1.29, 1.82) is 0 Å². The van der Waals surface area contributed by atoms with E-state index in [1.165, 1.54) is 12.1 Å². The molecule has 0 aliphatic carbocycles. The summed E-state index contributed by atoms with van der Waals surface area (Å²) in [5.41, 5.74) is 0.105. The Balaban J connectivity index is 2.34. The number of rotatable bonds is 4. The first kappa shape index (κ1) is 14.4. The summed E-state index contributed by atoms with van der Waals surface area (Å²) in [6, 6.07) is 5.08. The second-order valence-corrected chi connectivity index (χ2v) is 4.90. The van der Waals surface area contributed by atoms with Crippen molar-refractivity contribution in [3.8, 4) is 0 Å². The number of nitro groups is 1. The molecular formula is C13H17N3O4. The van der Waals surface area contributed by atoms with E-state index in [-0.39, 0.29) is 11.3 Å². The van der Waals surface area contributed by atoms with E-state index in [0.717, 1.165) is 13.1 Å². The molecule has 7 nitrogen and oxygen atoms in total. The maximum Gasteiger partial charge on any atom is 0.325 e. The minimum Gasteiger partial charge on any atom is -0.480 e. The molecule has 0 amide bonds. The highest BCUT2D eigenvalue weighted by atomic mass is 16.6. The fourth-order valence-electron chi connectivity index (χ4n) is 2.45. The molecule has 1 heterocycles. The maximum atomic E-state index is 11.6. The van der Waals surface area contributed by atoms with Crippen LogP contribution >= 0.6 is 0 Å². The average molecular weight is 279 g/mol. The van der Waals surface area contributed by atoms with Crippen molar-refractivity contribution in [3.63, 3.8) is 0 Å². The Labute approximate surface area is 116 Å². The van der Waals surface area contributed by atoms with Gasteiger partial charge in [-0.15, -0.1) is 0 Å². The lowest BCUT2D eigenvalue weighted by molar-refractivity contribution is -0.386. The summed E-state index contributed by atoms with van der Waals surface area (Å²) in [7, 11) is 1.97. The molecule has 1 N–H and O–H groups in total. The molecule has 0 saturated carbocycles. The average Bonchev–Trinajstić information content (AvgIpc) is 2.41. The van der Waals surface area contributed by atoms with E-state index in [9.17, 15) is 20.0 Å². The lowest BCUT2D eigenvalue weighted by Crippen LogP contribution is -2.47. The van der Waals surface area contributed by atoms with Gasteiger partial charge in [0.1, 0.15) is 6.04 Å². The Morgan fingerprint density at radius 2 is 1.90 bits per heavy atom. The summed E-state index contributed by atoms with van der Waals surface area (Å²) in [6.07, 6.45) is 0. The van der Waals surface area contributed by atoms with E-state index < -0.39 is 16.9 Å². The first-order chi connectivity index (χ1) is 9.50. The molecule has 1 fully saturated rings. The van der Waals surface area contributed by atoms with Gasteiger partial charge in [-0.25, -0.2) is 0 Å². The molecule has 1 aliphatic rings. The predicted molar refractivity (Wildman–Crippen MR) is 72.5 cm³/mol. The fourth-order valence-corrected chi connectivity index (χ4v) is 2.45. The standard InChI is InChI=1S/C13H17N3O4/c1-14-6-8-15(9-7-14)12(13(17)18)10-4-2-3-5-11(10)16(19)20/h2-5,12H,6-9H2,1H3,(H,17,18). The molecule has 1 aliphatic heterocycles. The van der Waals surface area contributed by atoms with E-state index in [4.69, 9.17) is 0 Å². The number of hydrogen-bond acceptors (Lipinski definition) is 5. The van der Waals surface area contributed by atoms with Crippen molar-refractivity contribution < 1.29 is 14.8 Å². The summed E-state index contributed by atoms with van der Waals surface area (Å²) in [5, 5.41) is 20.5. The van der Waals surface area contributed by atoms with Gasteiger partial charge in [-0.05, 0) is 13.1 Å². The Morgan fingerprint density at radius 1 is 1.30 bits per heavy atom. The summed E-state index contributed by atoms with van der Waals surface area (Å²) in [5.74, 6) is -1.05. The molecule has 0 spiro atoms. The number of benzene rings is 1. The Bertz CT molecular complexity index is 512. The second kappa shape index (κ2) is 5.98. The van der Waals surface area contributed by atoms with Crippen LogP contribution < -0.4 is 0 Å². The van der Waals surface area contributed by atoms with E-state index in [1.807, 2.05) is 7.05 Å². The van der Waals surface area contributed by atoms with E-state index in [0.29, 0.717) is 13.1 Å². The van der Waals surface area contributed by atoms with Crippen molar-refractivity contribution in [2.24, 2.45) is 0 Å². The molecule has 108 valence electrons. The SMILES string of the molecule is CN1CCN(C(C(=O)O)c2ccccc2[N+](=O)[O-])CC1. The first-order valence-electron chi connectivity index (χ1n) is 6.39. The Hall–Kier alpha value is -1.99. The monoisotopic (exact) mass is 279 g/mol. The van der Waals surface area contributed by atoms with Crippen LogP contribution in [0.1, 0.15) is 11.6 Å². The third-order valence-electron chi connectivity index (χ3n) is 3.56. The third kappa shape index (κ3) is 2.94. The summed E-state index contributed by atoms with van der Waals surface area (Å²) in [4.78, 5) is 26.0. The number of para-hydroxylation sites is 1. The maximum absolute atomic E-state index is 11.6. The zero-order valence-corrected chi connectivity index (χ0v) is 11.2. The van der Waals surface area contributed by atoms with Crippen molar-refractivity contribution in [1.82, 2.24) is 9.80 Å². The van der Waals surface area contributed by atoms with Gasteiger partial charge in [-0.2, -0.15) is 0 Å². The molecule has 1 unspecified atom stereocenters. The highest BCUT2D eigenvalue weighted by molar-refractivity contribution is 5.77. The van der Waals surface area contributed by atoms with Gasteiger partial charge in [-0.1, -0.05) is 12.1 Å². The highest BCUT2D eigenvalue weighted by Crippen LogP contribution is 2.30. The number of carbonyl (C=O) groups is 1. The molecule has 0 bridgehead atoms. The topological polar surface area (TPSA) is 86.9 Å². The molecule has 1 aromatic carbocycles. The van der Waals surface area contributed by atoms with E-state index in [2.05, 4.69) is 4.90 Å². The zero-order valence-electron chi connectivity index (χ0n) is 11.2. The van der Waals surface area contributed by atoms with Crippen LogP contribution in [0.5, 0.6) is 0 Å². The van der Waals surface area contributed by atoms with Crippen LogP contribution in [0.3, 0.4) is 0 Å². The predicted octanol–water partition coefficient (Wildman–Crippen LogP) is 0.968. The normalized spacial score (nSPS) is 18.6. The number of hydrogen-bond donors (Lipinski definition) is 1. The lowest BCUT2D eigenvalue weighted by Gasteiger charge is -2.35. The van der Waals surface area contributed by atoms with Crippen molar-refractivity contribution >= 4 is 11.7 Å². The number of carboxylic acid groups (broad SMARTS) is 1. The van der Waals surface area contributed by atoms with Gasteiger partial charge in [0.2, 0.25) is 0 Å². The Kier molecular flexibility index (Phi) is 4.31. The van der Waals surface area contributed by atoms with Crippen LogP contribution in [0.2, 0.25) is 0 Å². The van der Waals surface area contributed by atoms with Crippen molar-refractivity contribution in [2.45, 2.75) is 6.04 Å². The number of nitrogens with zero attached hydrogens (tertiary/aromatic N) is 3. The minimum atomic E-state index is -1.05. The minimum absolute atomic E-state index is 0.140. The quantitative estimate of drug-likeness (QED) is 0.652. The van der Waals surface area contributed by atoms with Gasteiger partial charge in [-0.3, -0.25) is 19.8 Å². The number of likely N-dealkylation sites (N-methyl/N-ethyl adjacent to an activating group) is 1. The third-order valence-corrected chi connectivity index (χ3v) is 3.56. The first-order valence-corrected chi connectivity index (χ1v) is 6.39. The van der Waals surface area contributed by atoms with Crippen molar-refractivity contribution in [2.75, 3.05) is 33.2 Å². The summed E-state index contributed by atoms with van der Waals surface area (Å²) in [6.45, 7) is 2.67. The molecule has 0 aromatic heterocycles. The van der Waals surface area contributed by atoms with E-state index in [1.54, 1.807) is 17.0 Å². The molecule has 1 aromatic rings. The molecule has 1 atom stereocenters. The number of carboxylic acids is 1. The smallest absolute Gasteiger partial charge is 0.325 e. The van der Waals surface area contributed by atoms with Gasteiger partial charge >= 0.3 is 5.97 Å². The lowest BCUT2D eigenvalue weighted by atomic mass is 10.0. The molecule has 7 heteroatoms. The van der Waals surface area contributed by atoms with Gasteiger partial charge in [0, 0.05) is 32.2 Å². The zero-order chi connectivity index (χ0) is 14.7. The summed E-state index contributed by atoms with van der Waals surface area (Å²) >= 11 is 0. The molecule has 0 radical (unpaired) electrons. The molecule has 1 saturated heterocycles. The van der Waals surface area contributed by atoms with Gasteiger partial charge in [0.05, 0.1) is 10.5 Å². The van der Waals surface area contributed by atoms with Gasteiger partial charge in [0.15, 0.2) is 0 Å².